The van der Waals surface area contributed by atoms with Crippen LogP contribution in [0.2, 0.25) is 0 Å². The lowest BCUT2D eigenvalue weighted by atomic mass is 10.2. The van der Waals surface area contributed by atoms with Gasteiger partial charge in [-0.25, -0.2) is 4.98 Å². The Balaban J connectivity index is 1.58. The summed E-state index contributed by atoms with van der Waals surface area (Å²) in [6.07, 6.45) is 3.82. The van der Waals surface area contributed by atoms with Gasteiger partial charge in [0.05, 0.1) is 16.6 Å². The quantitative estimate of drug-likeness (QED) is 0.751. The van der Waals surface area contributed by atoms with Crippen LogP contribution in [-0.4, -0.2) is 20.8 Å². The van der Waals surface area contributed by atoms with Crippen LogP contribution in [0, 0.1) is 0 Å². The molecular weight excluding hydrogens is 300 g/mol. The van der Waals surface area contributed by atoms with Crippen molar-refractivity contribution in [2.24, 2.45) is 0 Å². The second kappa shape index (κ2) is 6.51. The Kier molecular flexibility index (Phi) is 4.48. The summed E-state index contributed by atoms with van der Waals surface area (Å²) in [5.41, 5.74) is 1.10. The smallest absolute Gasteiger partial charge is 0.133 e. The van der Waals surface area contributed by atoms with Crippen molar-refractivity contribution < 1.29 is 0 Å². The first-order chi connectivity index (χ1) is 10.2. The fraction of sp³-hybridized carbons (Fsp3) is 0.333. The van der Waals surface area contributed by atoms with Crippen molar-refractivity contribution in [3.05, 3.63) is 47.0 Å². The summed E-state index contributed by atoms with van der Waals surface area (Å²) in [7, 11) is 0. The Morgan fingerprint density at radius 3 is 2.90 bits per heavy atom. The van der Waals surface area contributed by atoms with Crippen molar-refractivity contribution in [2.75, 3.05) is 0 Å². The molecule has 0 radical (unpaired) electrons. The molecule has 0 amide bonds. The van der Waals surface area contributed by atoms with Crippen molar-refractivity contribution in [1.29, 1.82) is 0 Å². The lowest BCUT2D eigenvalue weighted by Gasteiger charge is -2.21. The molecule has 0 fully saturated rings. The lowest BCUT2D eigenvalue weighted by molar-refractivity contribution is 0.364. The molecule has 0 aliphatic rings. The van der Waals surface area contributed by atoms with Gasteiger partial charge in [0.25, 0.3) is 0 Å². The van der Waals surface area contributed by atoms with E-state index in [2.05, 4.69) is 47.2 Å². The summed E-state index contributed by atoms with van der Waals surface area (Å²) >= 11 is 3.44. The molecule has 0 aliphatic heterocycles. The van der Waals surface area contributed by atoms with Gasteiger partial charge in [0.1, 0.15) is 5.01 Å². The molecule has 3 heterocycles. The molecular formula is C15H18N4S2. The van der Waals surface area contributed by atoms with E-state index >= 15 is 0 Å². The molecule has 0 aliphatic carbocycles. The third-order valence-corrected chi connectivity index (χ3v) is 5.48. The van der Waals surface area contributed by atoms with Crippen LogP contribution in [0.15, 0.2) is 41.4 Å². The van der Waals surface area contributed by atoms with Gasteiger partial charge in [-0.3, -0.25) is 4.68 Å². The minimum Gasteiger partial charge on any atom is -0.306 e. The molecule has 3 aromatic rings. The van der Waals surface area contributed by atoms with Crippen LogP contribution in [0.1, 0.15) is 25.6 Å². The van der Waals surface area contributed by atoms with E-state index in [1.165, 1.54) is 4.88 Å². The van der Waals surface area contributed by atoms with Crippen LogP contribution >= 0.6 is 22.7 Å². The maximum Gasteiger partial charge on any atom is 0.133 e. The molecule has 1 N–H and O–H groups in total. The molecule has 3 rings (SSSR count). The standard InChI is InChI=1S/C15H18N4S2/c1-11(12(2)19-7-4-6-17-19)16-9-13-10-21-15(18-13)14-5-3-8-20-14/h3-8,10-12,16H,9H2,1-2H3/t11-,12+/m1/s1. The first-order valence-electron chi connectivity index (χ1n) is 6.95. The van der Waals surface area contributed by atoms with Crippen molar-refractivity contribution in [3.63, 3.8) is 0 Å². The SMILES string of the molecule is C[C@@H](NCc1csc(-c2cccs2)n1)[C@H](C)n1cccn1. The maximum absolute atomic E-state index is 4.69. The average molecular weight is 318 g/mol. The average Bonchev–Trinajstić information content (AvgIpc) is 3.25. The van der Waals surface area contributed by atoms with E-state index in [9.17, 15) is 0 Å². The van der Waals surface area contributed by atoms with Gasteiger partial charge < -0.3 is 5.32 Å². The van der Waals surface area contributed by atoms with E-state index in [1.807, 2.05) is 23.1 Å². The first kappa shape index (κ1) is 14.4. The number of thiophene rings is 1. The van der Waals surface area contributed by atoms with Gasteiger partial charge >= 0.3 is 0 Å². The third-order valence-electron chi connectivity index (χ3n) is 3.55. The number of thiazole rings is 1. The summed E-state index contributed by atoms with van der Waals surface area (Å²) in [4.78, 5) is 5.93. The molecule has 3 aromatic heterocycles. The van der Waals surface area contributed by atoms with Crippen molar-refractivity contribution >= 4 is 22.7 Å². The largest absolute Gasteiger partial charge is 0.306 e. The summed E-state index contributed by atoms with van der Waals surface area (Å²) in [6, 6.07) is 6.78. The number of nitrogens with zero attached hydrogens (tertiary/aromatic N) is 3. The normalized spacial score (nSPS) is 14.2. The molecule has 0 saturated heterocycles. The van der Waals surface area contributed by atoms with Crippen LogP contribution in [-0.2, 0) is 6.54 Å². The van der Waals surface area contributed by atoms with E-state index in [0.717, 1.165) is 17.2 Å². The molecule has 21 heavy (non-hydrogen) atoms. The number of hydrogen-bond donors (Lipinski definition) is 1. The third kappa shape index (κ3) is 3.40. The highest BCUT2D eigenvalue weighted by atomic mass is 32.1. The molecule has 2 atom stereocenters. The lowest BCUT2D eigenvalue weighted by Crippen LogP contribution is -2.33. The van der Waals surface area contributed by atoms with Gasteiger partial charge in [-0.05, 0) is 31.4 Å². The molecule has 0 unspecified atom stereocenters. The van der Waals surface area contributed by atoms with E-state index in [1.54, 1.807) is 22.7 Å². The Labute approximate surface area is 132 Å². The Morgan fingerprint density at radius 2 is 2.19 bits per heavy atom. The molecule has 0 bridgehead atoms. The van der Waals surface area contributed by atoms with Crippen LogP contribution in [0.5, 0.6) is 0 Å². The first-order valence-corrected chi connectivity index (χ1v) is 8.71. The van der Waals surface area contributed by atoms with Gasteiger partial charge in [0.2, 0.25) is 0 Å². The molecule has 6 heteroatoms. The number of rotatable bonds is 6. The molecule has 0 spiro atoms. The number of aromatic nitrogens is 3. The van der Waals surface area contributed by atoms with Crippen molar-refractivity contribution in [2.45, 2.75) is 32.5 Å². The predicted octanol–water partition coefficient (Wildman–Crippen LogP) is 3.81. The maximum atomic E-state index is 4.69. The Morgan fingerprint density at radius 1 is 1.29 bits per heavy atom. The van der Waals surface area contributed by atoms with E-state index in [0.29, 0.717) is 12.1 Å². The Bertz CT molecular complexity index is 658. The van der Waals surface area contributed by atoms with Crippen LogP contribution in [0.4, 0.5) is 0 Å². The highest BCUT2D eigenvalue weighted by Gasteiger charge is 2.14. The Hall–Kier alpha value is -1.50. The monoisotopic (exact) mass is 318 g/mol. The molecule has 4 nitrogen and oxygen atoms in total. The minimum absolute atomic E-state index is 0.315. The van der Waals surface area contributed by atoms with Gasteiger partial charge in [-0.15, -0.1) is 22.7 Å². The summed E-state index contributed by atoms with van der Waals surface area (Å²) in [5.74, 6) is 0. The second-order valence-corrected chi connectivity index (χ2v) is 6.82. The van der Waals surface area contributed by atoms with E-state index in [-0.39, 0.29) is 0 Å². The topological polar surface area (TPSA) is 42.7 Å². The van der Waals surface area contributed by atoms with Crippen LogP contribution in [0.3, 0.4) is 0 Å². The number of hydrogen-bond acceptors (Lipinski definition) is 5. The van der Waals surface area contributed by atoms with Crippen LogP contribution in [0.25, 0.3) is 9.88 Å². The number of nitrogens with one attached hydrogen (secondary N) is 1. The van der Waals surface area contributed by atoms with Crippen molar-refractivity contribution in [3.8, 4) is 9.88 Å². The zero-order valence-electron chi connectivity index (χ0n) is 12.1. The van der Waals surface area contributed by atoms with E-state index < -0.39 is 0 Å². The second-order valence-electron chi connectivity index (χ2n) is 5.02. The molecule has 0 aromatic carbocycles. The van der Waals surface area contributed by atoms with Gasteiger partial charge in [-0.2, -0.15) is 5.10 Å². The van der Waals surface area contributed by atoms with Crippen molar-refractivity contribution in [1.82, 2.24) is 20.1 Å². The molecule has 0 saturated carbocycles. The zero-order chi connectivity index (χ0) is 14.7. The highest BCUT2D eigenvalue weighted by Crippen LogP contribution is 2.27. The fourth-order valence-corrected chi connectivity index (χ4v) is 3.72. The summed E-state index contributed by atoms with van der Waals surface area (Å²) in [5, 5.41) is 13.2. The summed E-state index contributed by atoms with van der Waals surface area (Å²) in [6.45, 7) is 5.14. The van der Waals surface area contributed by atoms with Gasteiger partial charge in [0, 0.05) is 30.4 Å². The summed E-state index contributed by atoms with van der Waals surface area (Å²) < 4.78 is 1.98. The minimum atomic E-state index is 0.315. The van der Waals surface area contributed by atoms with Crippen LogP contribution < -0.4 is 5.32 Å². The van der Waals surface area contributed by atoms with Gasteiger partial charge in [-0.1, -0.05) is 6.07 Å². The fourth-order valence-electron chi connectivity index (χ4n) is 2.09. The molecule has 110 valence electrons. The predicted molar refractivity (Wildman–Crippen MR) is 88.7 cm³/mol. The highest BCUT2D eigenvalue weighted by molar-refractivity contribution is 7.20. The van der Waals surface area contributed by atoms with E-state index in [4.69, 9.17) is 4.98 Å². The zero-order valence-corrected chi connectivity index (χ0v) is 13.7. The van der Waals surface area contributed by atoms with Gasteiger partial charge in [0.15, 0.2) is 0 Å².